The Morgan fingerprint density at radius 1 is 0.583 bits per heavy atom. The van der Waals surface area contributed by atoms with Gasteiger partial charge in [0.15, 0.2) is 6.10 Å². The van der Waals surface area contributed by atoms with Crippen molar-refractivity contribution in [3.8, 4) is 0 Å². The molecule has 60 heavy (non-hydrogen) atoms. The zero-order valence-electron chi connectivity index (χ0n) is 38.1. The zero-order valence-corrected chi connectivity index (χ0v) is 39.0. The maximum atomic E-state index is 12.7. The average Bonchev–Trinajstić information content (AvgIpc) is 3.20. The summed E-state index contributed by atoms with van der Waals surface area (Å²) in [4.78, 5) is 35.4. The van der Waals surface area contributed by atoms with Crippen molar-refractivity contribution < 1.29 is 52.3 Å². The lowest BCUT2D eigenvalue weighted by Gasteiger charge is -2.24. The highest BCUT2D eigenvalue weighted by molar-refractivity contribution is 7.47. The van der Waals surface area contributed by atoms with Gasteiger partial charge in [-0.05, 0) is 77.0 Å². The molecule has 0 saturated heterocycles. The van der Waals surface area contributed by atoms with E-state index < -0.39 is 44.7 Å². The highest BCUT2D eigenvalue weighted by Crippen LogP contribution is 2.43. The lowest BCUT2D eigenvalue weighted by Crippen LogP contribution is -2.37. The molecule has 0 aromatic heterocycles. The predicted octanol–water partition coefficient (Wildman–Crippen LogP) is 11.0. The Labute approximate surface area is 364 Å². The maximum Gasteiger partial charge on any atom is 0.472 e. The van der Waals surface area contributed by atoms with E-state index >= 15 is 0 Å². The number of phosphoric ester groups is 1. The number of nitrogens with zero attached hydrogens (tertiary/aromatic N) is 1. The number of hydrogen-bond acceptors (Lipinski definition) is 9. The summed E-state index contributed by atoms with van der Waals surface area (Å²) < 4.78 is 34.2. The molecule has 0 fully saturated rings. The van der Waals surface area contributed by atoms with Gasteiger partial charge in [-0.15, -0.1) is 0 Å². The van der Waals surface area contributed by atoms with Gasteiger partial charge in [0.05, 0.1) is 40.0 Å². The van der Waals surface area contributed by atoms with Crippen LogP contribution < -0.4 is 0 Å². The number of aliphatic hydroxyl groups is 2. The fraction of sp³-hybridized carbons (Fsp3) is 0.708. The molecule has 0 aliphatic rings. The summed E-state index contributed by atoms with van der Waals surface area (Å²) in [7, 11) is 1.38. The molecule has 3 N–H and O–H groups in total. The molecule has 0 aromatic carbocycles. The molecule has 0 spiro atoms. The van der Waals surface area contributed by atoms with Crippen LogP contribution in [0.25, 0.3) is 0 Å². The van der Waals surface area contributed by atoms with Crippen LogP contribution in [-0.4, -0.2) is 97.3 Å². The van der Waals surface area contributed by atoms with Crippen molar-refractivity contribution in [2.75, 3.05) is 47.5 Å². The number of aliphatic hydroxyl groups excluding tert-OH is 2. The van der Waals surface area contributed by atoms with Crippen LogP contribution in [0.3, 0.4) is 0 Å². The summed E-state index contributed by atoms with van der Waals surface area (Å²) in [6, 6.07) is 0. The van der Waals surface area contributed by atoms with Gasteiger partial charge < -0.3 is 29.1 Å². The van der Waals surface area contributed by atoms with Crippen LogP contribution in [0.2, 0.25) is 0 Å². The van der Waals surface area contributed by atoms with Gasteiger partial charge in [0.2, 0.25) is 0 Å². The lowest BCUT2D eigenvalue weighted by atomic mass is 10.1. The Hall–Kier alpha value is -2.63. The standard InChI is InChI=1S/C48H84NO10P/c1-6-8-9-10-11-12-13-14-16-20-23-26-29-32-35-38-47(52)56-42-44(43-58-60(54,55)57-41-40-49(3,4)5)59-48(53)39-36-33-30-27-24-21-18-15-17-19-22-25-28-31-34-37-46(51)45(50)7-2/h14-17,21-22,24-25,30-31,33-34,44-46,50-51H,6-13,18-20,23,26-29,32,35-43H2,1-5H3/p+1/b16-14-,17-15+,24-21+,25-22+,33-30+,34-31+. The summed E-state index contributed by atoms with van der Waals surface area (Å²) in [5.74, 6) is -0.942. The number of quaternary nitrogens is 1. The third-order valence-corrected chi connectivity index (χ3v) is 10.5. The predicted molar refractivity (Wildman–Crippen MR) is 245 cm³/mol. The SMILES string of the molecule is CCCCCCCC/C=C\CCCCCCCC(=O)OCC(COP(=O)(O)OCC[N+](C)(C)C)OC(=O)CC/C=C/C/C=C/C/C=C/C/C=C/C/C=C/CC(O)C(O)CC. The number of ether oxygens (including phenoxy) is 2. The van der Waals surface area contributed by atoms with Crippen LogP contribution in [0.5, 0.6) is 0 Å². The molecule has 0 amide bonds. The van der Waals surface area contributed by atoms with E-state index in [2.05, 4.69) is 55.5 Å². The van der Waals surface area contributed by atoms with Crippen LogP contribution in [0, 0.1) is 0 Å². The Balaban J connectivity index is 4.52. The van der Waals surface area contributed by atoms with Gasteiger partial charge in [0, 0.05) is 12.8 Å². The van der Waals surface area contributed by atoms with Gasteiger partial charge in [-0.2, -0.15) is 0 Å². The lowest BCUT2D eigenvalue weighted by molar-refractivity contribution is -0.870. The molecule has 4 atom stereocenters. The molecule has 346 valence electrons. The Kier molecular flexibility index (Phi) is 37.5. The minimum Gasteiger partial charge on any atom is -0.462 e. The fourth-order valence-electron chi connectivity index (χ4n) is 5.67. The van der Waals surface area contributed by atoms with Gasteiger partial charge in [-0.1, -0.05) is 138 Å². The van der Waals surface area contributed by atoms with Crippen molar-refractivity contribution in [1.29, 1.82) is 0 Å². The second-order valence-corrected chi connectivity index (χ2v) is 17.8. The molecule has 0 aliphatic heterocycles. The van der Waals surface area contributed by atoms with E-state index in [1.165, 1.54) is 44.9 Å². The van der Waals surface area contributed by atoms with Crippen molar-refractivity contribution >= 4 is 19.8 Å². The summed E-state index contributed by atoms with van der Waals surface area (Å²) >= 11 is 0. The van der Waals surface area contributed by atoms with E-state index in [4.69, 9.17) is 18.5 Å². The van der Waals surface area contributed by atoms with E-state index in [1.807, 2.05) is 52.4 Å². The number of carbonyl (C=O) groups is 2. The smallest absolute Gasteiger partial charge is 0.462 e. The summed E-state index contributed by atoms with van der Waals surface area (Å²) in [6.45, 7) is 3.84. The molecule has 12 heteroatoms. The highest BCUT2D eigenvalue weighted by Gasteiger charge is 2.27. The van der Waals surface area contributed by atoms with Gasteiger partial charge in [-0.3, -0.25) is 18.6 Å². The minimum absolute atomic E-state index is 0.00252. The molecule has 11 nitrogen and oxygen atoms in total. The number of likely N-dealkylation sites (N-methyl/N-ethyl adjacent to an activating group) is 1. The monoisotopic (exact) mass is 867 g/mol. The van der Waals surface area contributed by atoms with Crippen molar-refractivity contribution in [2.45, 2.75) is 173 Å². The number of esters is 2. The average molecular weight is 867 g/mol. The Morgan fingerprint density at radius 3 is 1.63 bits per heavy atom. The molecular weight excluding hydrogens is 781 g/mol. The van der Waals surface area contributed by atoms with Crippen molar-refractivity contribution in [3.05, 3.63) is 72.9 Å². The van der Waals surface area contributed by atoms with Gasteiger partial charge in [-0.25, -0.2) is 4.57 Å². The molecule has 4 unspecified atom stereocenters. The van der Waals surface area contributed by atoms with E-state index in [-0.39, 0.29) is 26.1 Å². The first kappa shape index (κ1) is 57.4. The first-order chi connectivity index (χ1) is 28.8. The van der Waals surface area contributed by atoms with Gasteiger partial charge >= 0.3 is 19.8 Å². The van der Waals surface area contributed by atoms with Crippen molar-refractivity contribution in [2.24, 2.45) is 0 Å². The van der Waals surface area contributed by atoms with Crippen LogP contribution in [0.4, 0.5) is 0 Å². The van der Waals surface area contributed by atoms with E-state index in [9.17, 15) is 29.3 Å². The van der Waals surface area contributed by atoms with Crippen LogP contribution in [0.15, 0.2) is 72.9 Å². The number of unbranched alkanes of at least 4 members (excludes halogenated alkanes) is 11. The fourth-order valence-corrected chi connectivity index (χ4v) is 6.41. The van der Waals surface area contributed by atoms with Crippen LogP contribution in [0.1, 0.15) is 155 Å². The Morgan fingerprint density at radius 2 is 1.08 bits per heavy atom. The minimum atomic E-state index is -4.42. The second kappa shape index (κ2) is 39.2. The first-order valence-corrected chi connectivity index (χ1v) is 24.3. The molecule has 0 saturated carbocycles. The number of rotatable bonds is 40. The number of phosphoric acid groups is 1. The molecule has 0 aliphatic carbocycles. The quantitative estimate of drug-likeness (QED) is 0.0179. The van der Waals surface area contributed by atoms with Crippen LogP contribution >= 0.6 is 7.82 Å². The third kappa shape index (κ3) is 40.8. The molecule has 0 radical (unpaired) electrons. The van der Waals surface area contributed by atoms with E-state index in [0.717, 1.165) is 57.8 Å². The third-order valence-electron chi connectivity index (χ3n) is 9.49. The van der Waals surface area contributed by atoms with Gasteiger partial charge in [0.25, 0.3) is 0 Å². The number of carbonyl (C=O) groups excluding carboxylic acids is 2. The van der Waals surface area contributed by atoms with E-state index in [0.29, 0.717) is 36.7 Å². The van der Waals surface area contributed by atoms with Crippen LogP contribution in [-0.2, 0) is 32.7 Å². The molecule has 0 bridgehead atoms. The van der Waals surface area contributed by atoms with Gasteiger partial charge in [0.1, 0.15) is 19.8 Å². The maximum absolute atomic E-state index is 12.7. The largest absolute Gasteiger partial charge is 0.472 e. The molecule has 0 rings (SSSR count). The number of allylic oxidation sites excluding steroid dienone is 11. The van der Waals surface area contributed by atoms with E-state index in [1.54, 1.807) is 0 Å². The molecular formula is C48H85NO10P+. The first-order valence-electron chi connectivity index (χ1n) is 22.8. The topological polar surface area (TPSA) is 149 Å². The number of hydrogen-bond donors (Lipinski definition) is 3. The molecule has 0 aromatic rings. The van der Waals surface area contributed by atoms with Crippen molar-refractivity contribution in [1.82, 2.24) is 0 Å². The summed E-state index contributed by atoms with van der Waals surface area (Å²) in [5, 5.41) is 19.3. The normalized spacial score (nSPS) is 15.3. The zero-order chi connectivity index (χ0) is 44.6. The second-order valence-electron chi connectivity index (χ2n) is 16.4. The summed E-state index contributed by atoms with van der Waals surface area (Å²) in [5.41, 5.74) is 0. The highest BCUT2D eigenvalue weighted by atomic mass is 31.2. The summed E-state index contributed by atoms with van der Waals surface area (Å²) in [6.07, 6.45) is 42.5. The molecule has 0 heterocycles. The van der Waals surface area contributed by atoms with Crippen molar-refractivity contribution in [3.63, 3.8) is 0 Å². The Bertz CT molecular complexity index is 1290.